The molecule has 0 saturated carbocycles. The van der Waals surface area contributed by atoms with Gasteiger partial charge in [0, 0.05) is 0 Å². The van der Waals surface area contributed by atoms with Crippen molar-refractivity contribution in [2.24, 2.45) is 0 Å². The monoisotopic (exact) mass is 306 g/mol. The Morgan fingerprint density at radius 2 is 1.95 bits per heavy atom. The molecule has 3 atom stereocenters. The number of hydrogen-bond acceptors (Lipinski definition) is 8. The molecule has 0 saturated heterocycles. The minimum absolute atomic E-state index is 0.107. The predicted molar refractivity (Wildman–Crippen MR) is 69.9 cm³/mol. The van der Waals surface area contributed by atoms with Crippen LogP contribution < -0.4 is 0 Å². The van der Waals surface area contributed by atoms with Gasteiger partial charge in [0.1, 0.15) is 19.3 Å². The van der Waals surface area contributed by atoms with Crippen LogP contribution in [-0.2, 0) is 19.0 Å². The molecule has 0 aromatic rings. The molecule has 0 bridgehead atoms. The average Bonchev–Trinajstić information content (AvgIpc) is 2.68. The van der Waals surface area contributed by atoms with E-state index in [0.29, 0.717) is 0 Å². The number of rotatable bonds is 8. The van der Waals surface area contributed by atoms with E-state index >= 15 is 0 Å². The summed E-state index contributed by atoms with van der Waals surface area (Å²) in [5.74, 6) is -1.25. The molecule has 4 N–H and O–H groups in total. The first-order valence-electron chi connectivity index (χ1n) is 6.56. The molecule has 1 rings (SSSR count). The number of aliphatic hydroxyl groups excluding tert-OH is 3. The highest BCUT2D eigenvalue weighted by Gasteiger charge is 2.42. The highest BCUT2D eigenvalue weighted by Crippen LogP contribution is 2.28. The molecule has 1 unspecified atom stereocenters. The number of ether oxygens (including phenoxy) is 3. The standard InChI is InChI=1S/C13H22O8/c1-7(15)5-19-11-10(20-6-13(2,3)18)9(8(16)4-14)21-12(11)17/h7-9,14-16,18H,4-6H2,1-3H3/t7?,8-,9+/m0/s1. The van der Waals surface area contributed by atoms with Crippen molar-refractivity contribution in [2.75, 3.05) is 19.8 Å². The van der Waals surface area contributed by atoms with Crippen LogP contribution in [0.2, 0.25) is 0 Å². The number of aliphatic hydroxyl groups is 4. The number of hydrogen-bond donors (Lipinski definition) is 4. The molecule has 0 spiro atoms. The number of carbonyl (C=O) groups excluding carboxylic acids is 1. The summed E-state index contributed by atoms with van der Waals surface area (Å²) in [5, 5.41) is 37.5. The lowest BCUT2D eigenvalue weighted by Crippen LogP contribution is -2.34. The lowest BCUT2D eigenvalue weighted by Gasteiger charge is -2.22. The highest BCUT2D eigenvalue weighted by atomic mass is 16.6. The number of carbonyl (C=O) groups is 1. The van der Waals surface area contributed by atoms with Crippen LogP contribution in [0.3, 0.4) is 0 Å². The first-order chi connectivity index (χ1) is 9.65. The molecular weight excluding hydrogens is 284 g/mol. The molecule has 0 fully saturated rings. The molecule has 0 aromatic carbocycles. The summed E-state index contributed by atoms with van der Waals surface area (Å²) in [6, 6.07) is 0. The van der Waals surface area contributed by atoms with Gasteiger partial charge in [-0.2, -0.15) is 0 Å². The topological polar surface area (TPSA) is 126 Å². The van der Waals surface area contributed by atoms with Crippen molar-refractivity contribution in [1.82, 2.24) is 0 Å². The van der Waals surface area contributed by atoms with Crippen LogP contribution in [0.25, 0.3) is 0 Å². The molecule has 8 nitrogen and oxygen atoms in total. The van der Waals surface area contributed by atoms with Crippen LogP contribution in [0.5, 0.6) is 0 Å². The van der Waals surface area contributed by atoms with Gasteiger partial charge in [-0.1, -0.05) is 0 Å². The Balaban J connectivity index is 2.95. The van der Waals surface area contributed by atoms with E-state index in [0.717, 1.165) is 0 Å². The van der Waals surface area contributed by atoms with E-state index in [4.69, 9.17) is 19.3 Å². The average molecular weight is 306 g/mol. The summed E-state index contributed by atoms with van der Waals surface area (Å²) >= 11 is 0. The minimum Gasteiger partial charge on any atom is -0.487 e. The van der Waals surface area contributed by atoms with E-state index < -0.39 is 36.5 Å². The van der Waals surface area contributed by atoms with Crippen LogP contribution in [0.4, 0.5) is 0 Å². The van der Waals surface area contributed by atoms with Crippen molar-refractivity contribution in [3.8, 4) is 0 Å². The lowest BCUT2D eigenvalue weighted by atomic mass is 10.1. The van der Waals surface area contributed by atoms with Gasteiger partial charge in [-0.25, -0.2) is 4.79 Å². The van der Waals surface area contributed by atoms with Gasteiger partial charge in [0.15, 0.2) is 11.9 Å². The van der Waals surface area contributed by atoms with E-state index in [1.807, 2.05) is 0 Å². The summed E-state index contributed by atoms with van der Waals surface area (Å²) in [6.45, 7) is 3.49. The summed E-state index contributed by atoms with van der Waals surface area (Å²) in [5.41, 5.74) is -1.18. The van der Waals surface area contributed by atoms with Crippen molar-refractivity contribution in [1.29, 1.82) is 0 Å². The Morgan fingerprint density at radius 3 is 2.43 bits per heavy atom. The molecule has 1 aliphatic rings. The van der Waals surface area contributed by atoms with Gasteiger partial charge in [-0.15, -0.1) is 0 Å². The third-order valence-corrected chi connectivity index (χ3v) is 2.49. The minimum atomic E-state index is -1.38. The van der Waals surface area contributed by atoms with Gasteiger partial charge in [-0.05, 0) is 20.8 Å². The van der Waals surface area contributed by atoms with E-state index in [1.165, 1.54) is 20.8 Å². The lowest BCUT2D eigenvalue weighted by molar-refractivity contribution is -0.149. The smallest absolute Gasteiger partial charge is 0.378 e. The SMILES string of the molecule is CC(O)COC1=C(OCC(C)(C)O)[C@@H]([C@@H](O)CO)OC1=O. The summed E-state index contributed by atoms with van der Waals surface area (Å²) < 4.78 is 15.4. The molecule has 1 heterocycles. The Bertz CT molecular complexity index is 395. The molecule has 0 amide bonds. The third kappa shape index (κ3) is 5.16. The molecule has 21 heavy (non-hydrogen) atoms. The van der Waals surface area contributed by atoms with Crippen molar-refractivity contribution in [3.63, 3.8) is 0 Å². The van der Waals surface area contributed by atoms with Gasteiger partial charge < -0.3 is 34.6 Å². The van der Waals surface area contributed by atoms with Crippen LogP contribution in [-0.4, -0.2) is 70.1 Å². The third-order valence-electron chi connectivity index (χ3n) is 2.49. The number of cyclic esters (lactones) is 1. The Morgan fingerprint density at radius 1 is 1.33 bits per heavy atom. The van der Waals surface area contributed by atoms with Crippen LogP contribution in [0.1, 0.15) is 20.8 Å². The van der Waals surface area contributed by atoms with Crippen LogP contribution in [0, 0.1) is 0 Å². The van der Waals surface area contributed by atoms with Crippen LogP contribution >= 0.6 is 0 Å². The van der Waals surface area contributed by atoms with Crippen LogP contribution in [0.15, 0.2) is 11.5 Å². The van der Waals surface area contributed by atoms with E-state index in [-0.39, 0.29) is 24.7 Å². The van der Waals surface area contributed by atoms with E-state index in [2.05, 4.69) is 0 Å². The summed E-state index contributed by atoms with van der Waals surface area (Å²) in [4.78, 5) is 11.7. The summed E-state index contributed by atoms with van der Waals surface area (Å²) in [6.07, 6.45) is -3.41. The Kier molecular flexibility index (Phi) is 5.97. The van der Waals surface area contributed by atoms with Gasteiger partial charge in [0.2, 0.25) is 5.76 Å². The molecule has 0 radical (unpaired) electrons. The largest absolute Gasteiger partial charge is 0.487 e. The van der Waals surface area contributed by atoms with Crippen molar-refractivity contribution >= 4 is 5.97 Å². The van der Waals surface area contributed by atoms with Crippen molar-refractivity contribution in [2.45, 2.75) is 44.7 Å². The van der Waals surface area contributed by atoms with E-state index in [9.17, 15) is 20.1 Å². The second-order valence-corrected chi connectivity index (χ2v) is 5.53. The molecule has 122 valence electrons. The maximum absolute atomic E-state index is 11.7. The van der Waals surface area contributed by atoms with Crippen molar-refractivity contribution < 1.29 is 39.4 Å². The maximum Gasteiger partial charge on any atom is 0.378 e. The molecule has 0 aliphatic carbocycles. The zero-order valence-corrected chi connectivity index (χ0v) is 12.3. The second-order valence-electron chi connectivity index (χ2n) is 5.53. The fourth-order valence-electron chi connectivity index (χ4n) is 1.54. The Labute approximate surface area is 122 Å². The fourth-order valence-corrected chi connectivity index (χ4v) is 1.54. The zero-order valence-electron chi connectivity index (χ0n) is 12.3. The van der Waals surface area contributed by atoms with Gasteiger partial charge in [0.05, 0.1) is 18.3 Å². The zero-order chi connectivity index (χ0) is 16.2. The highest BCUT2D eigenvalue weighted by molar-refractivity contribution is 5.89. The van der Waals surface area contributed by atoms with Crippen molar-refractivity contribution in [3.05, 3.63) is 11.5 Å². The quantitative estimate of drug-likeness (QED) is 0.406. The fraction of sp³-hybridized carbons (Fsp3) is 0.769. The van der Waals surface area contributed by atoms with Gasteiger partial charge in [0.25, 0.3) is 0 Å². The predicted octanol–water partition coefficient (Wildman–Crippen LogP) is -1.34. The van der Waals surface area contributed by atoms with Gasteiger partial charge >= 0.3 is 5.97 Å². The summed E-state index contributed by atoms with van der Waals surface area (Å²) in [7, 11) is 0. The first-order valence-corrected chi connectivity index (χ1v) is 6.56. The van der Waals surface area contributed by atoms with E-state index in [1.54, 1.807) is 0 Å². The maximum atomic E-state index is 11.7. The molecular formula is C13H22O8. The number of esters is 1. The Hall–Kier alpha value is -1.35. The molecule has 8 heteroatoms. The molecule has 1 aliphatic heterocycles. The normalized spacial score (nSPS) is 22.0. The van der Waals surface area contributed by atoms with Gasteiger partial charge in [-0.3, -0.25) is 0 Å². The second kappa shape index (κ2) is 7.08. The first kappa shape index (κ1) is 17.7. The molecule has 0 aromatic heterocycles.